The summed E-state index contributed by atoms with van der Waals surface area (Å²) in [5, 5.41) is 2.85. The van der Waals surface area contributed by atoms with Gasteiger partial charge in [0.1, 0.15) is 22.8 Å². The van der Waals surface area contributed by atoms with E-state index in [4.69, 9.17) is 14.2 Å². The van der Waals surface area contributed by atoms with Crippen LogP contribution < -0.4 is 19.5 Å². The molecule has 3 aromatic carbocycles. The molecule has 0 unspecified atom stereocenters. The van der Waals surface area contributed by atoms with E-state index in [9.17, 15) is 9.59 Å². The van der Waals surface area contributed by atoms with Gasteiger partial charge in [-0.25, -0.2) is 0 Å². The van der Waals surface area contributed by atoms with Crippen LogP contribution in [0.1, 0.15) is 20.7 Å². The highest BCUT2D eigenvalue weighted by Crippen LogP contribution is 2.29. The number of anilines is 1. The topological polar surface area (TPSA) is 73.9 Å². The fourth-order valence-corrected chi connectivity index (χ4v) is 3.71. The quantitative estimate of drug-likeness (QED) is 0.378. The summed E-state index contributed by atoms with van der Waals surface area (Å²) < 4.78 is 15.7. The molecular formula is C24H23NO5S. The normalized spacial score (nSPS) is 10.3. The molecule has 3 rings (SSSR count). The molecule has 0 aromatic heterocycles. The molecule has 0 saturated heterocycles. The monoisotopic (exact) mass is 437 g/mol. The van der Waals surface area contributed by atoms with Crippen LogP contribution in [0.15, 0.2) is 71.6 Å². The first-order chi connectivity index (χ1) is 15.0. The molecule has 0 aliphatic heterocycles. The summed E-state index contributed by atoms with van der Waals surface area (Å²) in [6.45, 7) is 0. The van der Waals surface area contributed by atoms with E-state index in [0.717, 1.165) is 4.90 Å². The third-order valence-corrected chi connectivity index (χ3v) is 5.56. The van der Waals surface area contributed by atoms with Crippen molar-refractivity contribution in [2.45, 2.75) is 4.90 Å². The van der Waals surface area contributed by atoms with Gasteiger partial charge in [0.2, 0.25) is 0 Å². The van der Waals surface area contributed by atoms with Crippen LogP contribution in [0.4, 0.5) is 5.69 Å². The van der Waals surface area contributed by atoms with E-state index in [2.05, 4.69) is 5.32 Å². The Morgan fingerprint density at radius 3 is 1.97 bits per heavy atom. The summed E-state index contributed by atoms with van der Waals surface area (Å²) in [7, 11) is 4.60. The number of ether oxygens (including phenoxy) is 3. The lowest BCUT2D eigenvalue weighted by Gasteiger charge is -2.13. The van der Waals surface area contributed by atoms with Crippen molar-refractivity contribution in [2.24, 2.45) is 0 Å². The minimum atomic E-state index is -0.329. The van der Waals surface area contributed by atoms with Crippen molar-refractivity contribution in [1.29, 1.82) is 0 Å². The Hall–Kier alpha value is -3.45. The third kappa shape index (κ3) is 5.58. The Bertz CT molecular complexity index is 1030. The Morgan fingerprint density at radius 2 is 1.42 bits per heavy atom. The maximum absolute atomic E-state index is 12.7. The molecular weight excluding hydrogens is 414 g/mol. The second-order valence-corrected chi connectivity index (χ2v) is 7.51. The molecule has 3 aromatic rings. The molecule has 0 aliphatic carbocycles. The second kappa shape index (κ2) is 10.5. The SMILES string of the molecule is COc1ccc(C(=O)CSc2ccc(NC(=O)c3c(OC)cccc3OC)cc2)cc1. The maximum atomic E-state index is 12.7. The molecule has 0 bridgehead atoms. The maximum Gasteiger partial charge on any atom is 0.263 e. The van der Waals surface area contributed by atoms with Crippen LogP contribution >= 0.6 is 11.8 Å². The van der Waals surface area contributed by atoms with Crippen molar-refractivity contribution in [3.63, 3.8) is 0 Å². The first-order valence-corrected chi connectivity index (χ1v) is 10.5. The summed E-state index contributed by atoms with van der Waals surface area (Å²) in [5.41, 5.74) is 1.60. The van der Waals surface area contributed by atoms with Gasteiger partial charge in [-0.15, -0.1) is 11.8 Å². The standard InChI is InChI=1S/C24H23NO5S/c1-28-18-11-7-16(8-12-18)20(26)15-31-19-13-9-17(10-14-19)25-24(27)23-21(29-2)5-4-6-22(23)30-3/h4-14H,15H2,1-3H3,(H,25,27). The lowest BCUT2D eigenvalue weighted by Crippen LogP contribution is -2.14. The fourth-order valence-electron chi connectivity index (χ4n) is 2.91. The zero-order valence-corrected chi connectivity index (χ0v) is 18.3. The lowest BCUT2D eigenvalue weighted by molar-refractivity contribution is 0.101. The van der Waals surface area contributed by atoms with Crippen molar-refractivity contribution in [1.82, 2.24) is 0 Å². The minimum absolute atomic E-state index is 0.0355. The van der Waals surface area contributed by atoms with E-state index in [1.54, 1.807) is 61.7 Å². The largest absolute Gasteiger partial charge is 0.497 e. The highest BCUT2D eigenvalue weighted by atomic mass is 32.2. The molecule has 31 heavy (non-hydrogen) atoms. The number of ketones is 1. The number of hydrogen-bond acceptors (Lipinski definition) is 6. The van der Waals surface area contributed by atoms with Crippen LogP contribution in [0, 0.1) is 0 Å². The highest BCUT2D eigenvalue weighted by Gasteiger charge is 2.18. The van der Waals surface area contributed by atoms with Gasteiger partial charge in [0, 0.05) is 16.1 Å². The molecule has 160 valence electrons. The van der Waals surface area contributed by atoms with Gasteiger partial charge in [0.05, 0.1) is 27.1 Å². The van der Waals surface area contributed by atoms with E-state index in [1.807, 2.05) is 12.1 Å². The summed E-state index contributed by atoms with van der Waals surface area (Å²) in [6, 6.07) is 19.5. The van der Waals surface area contributed by atoms with Crippen LogP contribution in [0.5, 0.6) is 17.2 Å². The van der Waals surface area contributed by atoms with Crippen LogP contribution in [0.25, 0.3) is 0 Å². The molecule has 1 N–H and O–H groups in total. The molecule has 6 nitrogen and oxygen atoms in total. The Balaban J connectivity index is 1.61. The lowest BCUT2D eigenvalue weighted by atomic mass is 10.1. The molecule has 1 amide bonds. The van der Waals surface area contributed by atoms with Crippen LogP contribution in [0.3, 0.4) is 0 Å². The number of carbonyl (C=O) groups is 2. The van der Waals surface area contributed by atoms with Crippen molar-refractivity contribution in [3.05, 3.63) is 77.9 Å². The molecule has 0 fully saturated rings. The summed E-state index contributed by atoms with van der Waals surface area (Å²) in [4.78, 5) is 26.0. The number of carbonyl (C=O) groups excluding carboxylic acids is 2. The summed E-state index contributed by atoms with van der Waals surface area (Å²) in [6.07, 6.45) is 0. The Kier molecular flexibility index (Phi) is 7.56. The zero-order chi connectivity index (χ0) is 22.2. The predicted molar refractivity (Wildman–Crippen MR) is 122 cm³/mol. The summed E-state index contributed by atoms with van der Waals surface area (Å²) >= 11 is 1.44. The number of rotatable bonds is 9. The van der Waals surface area contributed by atoms with E-state index in [1.165, 1.54) is 26.0 Å². The number of amides is 1. The number of nitrogens with one attached hydrogen (secondary N) is 1. The predicted octanol–water partition coefficient (Wildman–Crippen LogP) is 4.94. The molecule has 7 heteroatoms. The van der Waals surface area contributed by atoms with Crippen molar-refractivity contribution >= 4 is 29.1 Å². The van der Waals surface area contributed by atoms with Gasteiger partial charge in [0.25, 0.3) is 5.91 Å². The van der Waals surface area contributed by atoms with E-state index >= 15 is 0 Å². The van der Waals surface area contributed by atoms with Crippen molar-refractivity contribution in [3.8, 4) is 17.2 Å². The average Bonchev–Trinajstić information content (AvgIpc) is 2.82. The van der Waals surface area contributed by atoms with E-state index in [-0.39, 0.29) is 11.7 Å². The van der Waals surface area contributed by atoms with Gasteiger partial charge >= 0.3 is 0 Å². The second-order valence-electron chi connectivity index (χ2n) is 6.46. The van der Waals surface area contributed by atoms with E-state index in [0.29, 0.717) is 39.8 Å². The number of Topliss-reactive ketones (excluding diaryl/α,β-unsaturated/α-hetero) is 1. The number of hydrogen-bond donors (Lipinski definition) is 1. The highest BCUT2D eigenvalue weighted by molar-refractivity contribution is 8.00. The Morgan fingerprint density at radius 1 is 0.806 bits per heavy atom. The van der Waals surface area contributed by atoms with Gasteiger partial charge in [-0.2, -0.15) is 0 Å². The van der Waals surface area contributed by atoms with E-state index < -0.39 is 0 Å². The third-order valence-electron chi connectivity index (χ3n) is 4.55. The van der Waals surface area contributed by atoms with Gasteiger partial charge in [-0.1, -0.05) is 6.07 Å². The number of benzene rings is 3. The Labute approximate surface area is 185 Å². The van der Waals surface area contributed by atoms with Gasteiger partial charge < -0.3 is 19.5 Å². The molecule has 0 saturated carbocycles. The van der Waals surface area contributed by atoms with Crippen molar-refractivity contribution < 1.29 is 23.8 Å². The van der Waals surface area contributed by atoms with Crippen LogP contribution in [-0.2, 0) is 0 Å². The van der Waals surface area contributed by atoms with Crippen molar-refractivity contribution in [2.75, 3.05) is 32.4 Å². The first kappa shape index (κ1) is 22.2. The molecule has 0 heterocycles. The fraction of sp³-hybridized carbons (Fsp3) is 0.167. The van der Waals surface area contributed by atoms with Gasteiger partial charge in [-0.05, 0) is 60.7 Å². The van der Waals surface area contributed by atoms with Gasteiger partial charge in [0.15, 0.2) is 5.78 Å². The first-order valence-electron chi connectivity index (χ1n) is 9.48. The average molecular weight is 438 g/mol. The molecule has 0 aliphatic rings. The number of methoxy groups -OCH3 is 3. The van der Waals surface area contributed by atoms with Crippen LogP contribution in [0.2, 0.25) is 0 Å². The smallest absolute Gasteiger partial charge is 0.263 e. The molecule has 0 radical (unpaired) electrons. The molecule has 0 atom stereocenters. The molecule has 0 spiro atoms. The zero-order valence-electron chi connectivity index (χ0n) is 17.5. The van der Waals surface area contributed by atoms with Gasteiger partial charge in [-0.3, -0.25) is 9.59 Å². The minimum Gasteiger partial charge on any atom is -0.497 e. The summed E-state index contributed by atoms with van der Waals surface area (Å²) in [5.74, 6) is 1.60. The van der Waals surface area contributed by atoms with Crippen LogP contribution in [-0.4, -0.2) is 38.8 Å². The number of thioether (sulfide) groups is 1.